The molecule has 0 saturated carbocycles. The second kappa shape index (κ2) is 7.96. The van der Waals surface area contributed by atoms with Gasteiger partial charge < -0.3 is 14.6 Å². The summed E-state index contributed by atoms with van der Waals surface area (Å²) in [4.78, 5) is 0. The minimum Gasteiger partial charge on any atom is -0.490 e. The number of unbranched alkanes of at least 4 members (excludes halogenated alkanes) is 1. The molecule has 0 spiro atoms. The normalized spacial score (nSPS) is 12.2. The molecule has 0 saturated heterocycles. The van der Waals surface area contributed by atoms with Gasteiger partial charge in [0.2, 0.25) is 0 Å². The Bertz CT molecular complexity index is 310. The predicted octanol–water partition coefficient (Wildman–Crippen LogP) is 3.02. The number of hydrogen-bond donors (Lipinski definition) is 1. The Labute approximate surface area is 103 Å². The van der Waals surface area contributed by atoms with Gasteiger partial charge in [-0.3, -0.25) is 0 Å². The van der Waals surface area contributed by atoms with Crippen LogP contribution in [0.25, 0.3) is 0 Å². The van der Waals surface area contributed by atoms with E-state index in [1.54, 1.807) is 0 Å². The smallest absolute Gasteiger partial charge is 0.161 e. The van der Waals surface area contributed by atoms with Crippen molar-refractivity contribution in [2.24, 2.45) is 0 Å². The summed E-state index contributed by atoms with van der Waals surface area (Å²) in [7, 11) is 0. The number of rotatable bonds is 8. The molecule has 1 unspecified atom stereocenters. The van der Waals surface area contributed by atoms with Crippen LogP contribution in [-0.2, 0) is 0 Å². The van der Waals surface area contributed by atoms with Crippen LogP contribution in [0.2, 0.25) is 0 Å². The summed E-state index contributed by atoms with van der Waals surface area (Å²) in [6, 6.07) is 7.70. The summed E-state index contributed by atoms with van der Waals surface area (Å²) in [5, 5.41) is 9.12. The molecule has 17 heavy (non-hydrogen) atoms. The van der Waals surface area contributed by atoms with Gasteiger partial charge in [-0.25, -0.2) is 0 Å². The first-order chi connectivity index (χ1) is 8.24. The maximum atomic E-state index is 9.12. The monoisotopic (exact) mass is 238 g/mol. The highest BCUT2D eigenvalue weighted by molar-refractivity contribution is 5.39. The number of ether oxygens (including phenoxy) is 2. The number of aliphatic hydroxyl groups excluding tert-OH is 1. The van der Waals surface area contributed by atoms with Crippen molar-refractivity contribution >= 4 is 0 Å². The Balaban J connectivity index is 2.30. The van der Waals surface area contributed by atoms with Gasteiger partial charge in [0.25, 0.3) is 0 Å². The molecule has 96 valence electrons. The van der Waals surface area contributed by atoms with Crippen molar-refractivity contribution in [3.8, 4) is 11.5 Å². The zero-order chi connectivity index (χ0) is 12.5. The van der Waals surface area contributed by atoms with Crippen molar-refractivity contribution < 1.29 is 14.6 Å². The van der Waals surface area contributed by atoms with Crippen LogP contribution >= 0.6 is 0 Å². The van der Waals surface area contributed by atoms with Crippen LogP contribution in [0, 0.1) is 0 Å². The molecule has 0 aliphatic heterocycles. The fourth-order valence-electron chi connectivity index (χ4n) is 1.57. The Morgan fingerprint density at radius 3 is 2.35 bits per heavy atom. The topological polar surface area (TPSA) is 38.7 Å². The summed E-state index contributed by atoms with van der Waals surface area (Å²) < 4.78 is 11.1. The van der Waals surface area contributed by atoms with Gasteiger partial charge in [0.1, 0.15) is 0 Å². The van der Waals surface area contributed by atoms with Crippen molar-refractivity contribution in [2.45, 2.75) is 39.2 Å². The molecule has 3 heteroatoms. The van der Waals surface area contributed by atoms with E-state index in [0.29, 0.717) is 13.2 Å². The highest BCUT2D eigenvalue weighted by Crippen LogP contribution is 2.26. The van der Waals surface area contributed by atoms with Gasteiger partial charge in [-0.05, 0) is 45.2 Å². The first-order valence-corrected chi connectivity index (χ1v) is 6.26. The molecule has 1 rings (SSSR count). The third-order valence-corrected chi connectivity index (χ3v) is 2.42. The molecule has 0 aliphatic rings. The van der Waals surface area contributed by atoms with E-state index in [0.717, 1.165) is 30.8 Å². The van der Waals surface area contributed by atoms with E-state index in [4.69, 9.17) is 14.6 Å². The third-order valence-electron chi connectivity index (χ3n) is 2.42. The zero-order valence-corrected chi connectivity index (χ0v) is 10.7. The molecule has 0 fully saturated rings. The molecule has 0 aromatic heterocycles. The number of benzene rings is 1. The van der Waals surface area contributed by atoms with E-state index in [9.17, 15) is 0 Å². The van der Waals surface area contributed by atoms with Gasteiger partial charge in [0.15, 0.2) is 11.5 Å². The average molecular weight is 238 g/mol. The first-order valence-electron chi connectivity index (χ1n) is 6.26. The maximum absolute atomic E-state index is 9.12. The van der Waals surface area contributed by atoms with Gasteiger partial charge in [0.05, 0.1) is 19.3 Å². The maximum Gasteiger partial charge on any atom is 0.161 e. The Morgan fingerprint density at radius 1 is 1.12 bits per heavy atom. The molecule has 1 aromatic carbocycles. The molecule has 1 aromatic rings. The third kappa shape index (κ3) is 5.59. The van der Waals surface area contributed by atoms with E-state index in [1.165, 1.54) is 0 Å². The van der Waals surface area contributed by atoms with E-state index in [1.807, 2.05) is 38.1 Å². The van der Waals surface area contributed by atoms with Gasteiger partial charge in [-0.15, -0.1) is 0 Å². The molecule has 0 amide bonds. The SMILES string of the molecule is CCOc1ccccc1OCCCCC(C)O. The fourth-order valence-corrected chi connectivity index (χ4v) is 1.57. The van der Waals surface area contributed by atoms with Gasteiger partial charge in [0, 0.05) is 0 Å². The van der Waals surface area contributed by atoms with E-state index in [-0.39, 0.29) is 6.10 Å². The van der Waals surface area contributed by atoms with Crippen molar-refractivity contribution in [3.63, 3.8) is 0 Å². The summed E-state index contributed by atoms with van der Waals surface area (Å²) in [5.41, 5.74) is 0. The lowest BCUT2D eigenvalue weighted by Gasteiger charge is -2.11. The molecular weight excluding hydrogens is 216 g/mol. The lowest BCUT2D eigenvalue weighted by molar-refractivity contribution is 0.176. The van der Waals surface area contributed by atoms with E-state index < -0.39 is 0 Å². The highest BCUT2D eigenvalue weighted by atomic mass is 16.5. The summed E-state index contributed by atoms with van der Waals surface area (Å²) >= 11 is 0. The summed E-state index contributed by atoms with van der Waals surface area (Å²) in [5.74, 6) is 1.59. The minimum atomic E-state index is -0.217. The summed E-state index contributed by atoms with van der Waals surface area (Å²) in [6.07, 6.45) is 2.54. The lowest BCUT2D eigenvalue weighted by Crippen LogP contribution is -2.03. The van der Waals surface area contributed by atoms with Crippen molar-refractivity contribution in [3.05, 3.63) is 24.3 Å². The van der Waals surface area contributed by atoms with Crippen LogP contribution in [0.3, 0.4) is 0 Å². The molecule has 1 atom stereocenters. The quantitative estimate of drug-likeness (QED) is 0.707. The molecule has 0 heterocycles. The lowest BCUT2D eigenvalue weighted by atomic mass is 10.2. The highest BCUT2D eigenvalue weighted by Gasteiger charge is 2.03. The zero-order valence-electron chi connectivity index (χ0n) is 10.7. The van der Waals surface area contributed by atoms with Gasteiger partial charge >= 0.3 is 0 Å². The minimum absolute atomic E-state index is 0.217. The Hall–Kier alpha value is -1.22. The molecule has 3 nitrogen and oxygen atoms in total. The molecule has 1 N–H and O–H groups in total. The number of hydrogen-bond acceptors (Lipinski definition) is 3. The largest absolute Gasteiger partial charge is 0.490 e. The van der Waals surface area contributed by atoms with Gasteiger partial charge in [-0.1, -0.05) is 12.1 Å². The Kier molecular flexibility index (Phi) is 6.48. The number of aliphatic hydroxyl groups is 1. The molecular formula is C14H22O3. The average Bonchev–Trinajstić information content (AvgIpc) is 2.31. The Morgan fingerprint density at radius 2 is 1.76 bits per heavy atom. The van der Waals surface area contributed by atoms with Crippen LogP contribution < -0.4 is 9.47 Å². The van der Waals surface area contributed by atoms with Crippen LogP contribution in [0.15, 0.2) is 24.3 Å². The predicted molar refractivity (Wildman–Crippen MR) is 68.6 cm³/mol. The van der Waals surface area contributed by atoms with Gasteiger partial charge in [-0.2, -0.15) is 0 Å². The molecule has 0 aliphatic carbocycles. The summed E-state index contributed by atoms with van der Waals surface area (Å²) in [6.45, 7) is 5.07. The van der Waals surface area contributed by atoms with Crippen LogP contribution in [-0.4, -0.2) is 24.4 Å². The van der Waals surface area contributed by atoms with E-state index in [2.05, 4.69) is 0 Å². The van der Waals surface area contributed by atoms with E-state index >= 15 is 0 Å². The second-order valence-electron chi connectivity index (χ2n) is 4.07. The first kappa shape index (κ1) is 13.8. The molecule has 0 bridgehead atoms. The van der Waals surface area contributed by atoms with Crippen LogP contribution in [0.4, 0.5) is 0 Å². The number of para-hydroxylation sites is 2. The second-order valence-corrected chi connectivity index (χ2v) is 4.07. The van der Waals surface area contributed by atoms with Crippen molar-refractivity contribution in [2.75, 3.05) is 13.2 Å². The van der Waals surface area contributed by atoms with Crippen molar-refractivity contribution in [1.29, 1.82) is 0 Å². The van der Waals surface area contributed by atoms with Crippen molar-refractivity contribution in [1.82, 2.24) is 0 Å². The van der Waals surface area contributed by atoms with Crippen LogP contribution in [0.5, 0.6) is 11.5 Å². The fraction of sp³-hybridized carbons (Fsp3) is 0.571. The van der Waals surface area contributed by atoms with Crippen LogP contribution in [0.1, 0.15) is 33.1 Å². The standard InChI is InChI=1S/C14H22O3/c1-3-16-13-9-4-5-10-14(13)17-11-7-6-8-12(2)15/h4-5,9-10,12,15H,3,6-8,11H2,1-2H3. The molecule has 0 radical (unpaired) electrons.